The van der Waals surface area contributed by atoms with Crippen LogP contribution in [0.15, 0.2) is 24.3 Å². The minimum atomic E-state index is -0.602. The molecular formula is C15H19NO5. The fraction of sp³-hybridized carbons (Fsp3) is 0.533. The minimum absolute atomic E-state index is 0.0949. The van der Waals surface area contributed by atoms with Crippen molar-refractivity contribution in [3.63, 3.8) is 0 Å². The molecular weight excluding hydrogens is 274 g/mol. The molecule has 0 aromatic heterocycles. The van der Waals surface area contributed by atoms with Gasteiger partial charge in [0, 0.05) is 0 Å². The van der Waals surface area contributed by atoms with E-state index in [-0.39, 0.29) is 37.2 Å². The van der Waals surface area contributed by atoms with Crippen LogP contribution in [0.1, 0.15) is 5.56 Å². The summed E-state index contributed by atoms with van der Waals surface area (Å²) in [7, 11) is 1.60. The van der Waals surface area contributed by atoms with Crippen LogP contribution in [-0.4, -0.2) is 55.7 Å². The number of benzene rings is 1. The van der Waals surface area contributed by atoms with Crippen LogP contribution in [0.3, 0.4) is 0 Å². The van der Waals surface area contributed by atoms with Gasteiger partial charge < -0.3 is 24.6 Å². The van der Waals surface area contributed by atoms with Gasteiger partial charge >= 0.3 is 0 Å². The fourth-order valence-corrected chi connectivity index (χ4v) is 2.83. The van der Waals surface area contributed by atoms with E-state index in [4.69, 9.17) is 14.2 Å². The Kier molecular flexibility index (Phi) is 4.10. The summed E-state index contributed by atoms with van der Waals surface area (Å²) >= 11 is 0. The van der Waals surface area contributed by atoms with Crippen LogP contribution in [0, 0.1) is 0 Å². The molecule has 4 atom stereocenters. The van der Waals surface area contributed by atoms with Crippen molar-refractivity contribution < 1.29 is 24.1 Å². The monoisotopic (exact) mass is 293 g/mol. The number of amides is 1. The SMILES string of the molecule is COc1cccc(CC(=O)N[C@H]2CO[C@H]3[C@@H]2OC[C@H]3O)c1. The van der Waals surface area contributed by atoms with Crippen LogP contribution in [0.2, 0.25) is 0 Å². The molecule has 1 aromatic rings. The van der Waals surface area contributed by atoms with Crippen LogP contribution in [0.4, 0.5) is 0 Å². The van der Waals surface area contributed by atoms with Crippen molar-refractivity contribution in [2.24, 2.45) is 0 Å². The number of ether oxygens (including phenoxy) is 3. The van der Waals surface area contributed by atoms with Gasteiger partial charge in [-0.25, -0.2) is 0 Å². The zero-order chi connectivity index (χ0) is 14.8. The summed E-state index contributed by atoms with van der Waals surface area (Å²) in [5, 5.41) is 12.6. The molecule has 2 aliphatic heterocycles. The summed E-state index contributed by atoms with van der Waals surface area (Å²) in [5.41, 5.74) is 0.884. The van der Waals surface area contributed by atoms with Crippen molar-refractivity contribution >= 4 is 5.91 Å². The topological polar surface area (TPSA) is 77.0 Å². The zero-order valence-corrected chi connectivity index (χ0v) is 11.8. The average Bonchev–Trinajstić information content (AvgIpc) is 3.03. The van der Waals surface area contributed by atoms with Crippen molar-refractivity contribution in [2.75, 3.05) is 20.3 Å². The second kappa shape index (κ2) is 6.01. The van der Waals surface area contributed by atoms with E-state index < -0.39 is 6.10 Å². The average molecular weight is 293 g/mol. The van der Waals surface area contributed by atoms with E-state index in [1.807, 2.05) is 24.3 Å². The van der Waals surface area contributed by atoms with Gasteiger partial charge in [-0.15, -0.1) is 0 Å². The van der Waals surface area contributed by atoms with Gasteiger partial charge in [-0.3, -0.25) is 4.79 Å². The molecule has 2 heterocycles. The van der Waals surface area contributed by atoms with Gasteiger partial charge in [0.2, 0.25) is 5.91 Å². The summed E-state index contributed by atoms with van der Waals surface area (Å²) in [4.78, 5) is 12.1. The summed E-state index contributed by atoms with van der Waals surface area (Å²) in [6.45, 7) is 0.633. The number of rotatable bonds is 4. The van der Waals surface area contributed by atoms with Crippen molar-refractivity contribution in [3.05, 3.63) is 29.8 Å². The van der Waals surface area contributed by atoms with E-state index in [0.29, 0.717) is 6.61 Å². The van der Waals surface area contributed by atoms with Crippen LogP contribution in [0.5, 0.6) is 5.75 Å². The number of hydrogen-bond donors (Lipinski definition) is 2. The van der Waals surface area contributed by atoms with Gasteiger partial charge in [0.1, 0.15) is 24.1 Å². The summed E-state index contributed by atoms with van der Waals surface area (Å²) in [6, 6.07) is 7.21. The highest BCUT2D eigenvalue weighted by Crippen LogP contribution is 2.27. The van der Waals surface area contributed by atoms with E-state index in [1.165, 1.54) is 0 Å². The predicted molar refractivity (Wildman–Crippen MR) is 74.1 cm³/mol. The maximum Gasteiger partial charge on any atom is 0.224 e. The Morgan fingerprint density at radius 2 is 2.19 bits per heavy atom. The Balaban J connectivity index is 1.57. The molecule has 0 radical (unpaired) electrons. The number of carbonyl (C=O) groups excluding carboxylic acids is 1. The molecule has 0 saturated carbocycles. The highest BCUT2D eigenvalue weighted by Gasteiger charge is 2.47. The number of fused-ring (bicyclic) bond motifs is 1. The molecule has 2 fully saturated rings. The standard InChI is InChI=1S/C15H19NO5/c1-19-10-4-2-3-9(5-10)6-13(18)16-11-7-20-15-12(17)8-21-14(11)15/h2-5,11-12,14-15,17H,6-8H2,1H3,(H,16,18)/t11-,12+,14+,15+/m0/s1. The molecule has 0 spiro atoms. The molecule has 0 bridgehead atoms. The largest absolute Gasteiger partial charge is 0.497 e. The van der Waals surface area contributed by atoms with Crippen molar-refractivity contribution in [1.29, 1.82) is 0 Å². The molecule has 1 amide bonds. The summed E-state index contributed by atoms with van der Waals surface area (Å²) in [6.07, 6.45) is -0.912. The van der Waals surface area contributed by atoms with Crippen molar-refractivity contribution in [2.45, 2.75) is 30.8 Å². The number of nitrogens with one attached hydrogen (secondary N) is 1. The van der Waals surface area contributed by atoms with Crippen LogP contribution in [-0.2, 0) is 20.7 Å². The molecule has 2 saturated heterocycles. The van der Waals surface area contributed by atoms with Crippen molar-refractivity contribution in [3.8, 4) is 5.75 Å². The molecule has 2 N–H and O–H groups in total. The van der Waals surface area contributed by atoms with E-state index in [2.05, 4.69) is 5.32 Å². The number of methoxy groups -OCH3 is 1. The van der Waals surface area contributed by atoms with Gasteiger partial charge in [0.05, 0.1) is 32.8 Å². The molecule has 0 aliphatic carbocycles. The maximum atomic E-state index is 12.1. The normalized spacial score (nSPS) is 31.0. The van der Waals surface area contributed by atoms with Gasteiger partial charge in [-0.2, -0.15) is 0 Å². The fourth-order valence-electron chi connectivity index (χ4n) is 2.83. The van der Waals surface area contributed by atoms with Gasteiger partial charge in [0.15, 0.2) is 0 Å². The quantitative estimate of drug-likeness (QED) is 0.809. The second-order valence-corrected chi connectivity index (χ2v) is 5.37. The molecule has 2 aliphatic rings. The third-order valence-corrected chi connectivity index (χ3v) is 3.87. The van der Waals surface area contributed by atoms with E-state index in [9.17, 15) is 9.90 Å². The Hall–Kier alpha value is -1.63. The number of aliphatic hydroxyl groups is 1. The molecule has 21 heavy (non-hydrogen) atoms. The first-order valence-electron chi connectivity index (χ1n) is 7.01. The Bertz CT molecular complexity index is 521. The van der Waals surface area contributed by atoms with Gasteiger partial charge in [0.25, 0.3) is 0 Å². The lowest BCUT2D eigenvalue weighted by atomic mass is 10.1. The van der Waals surface area contributed by atoms with E-state index in [0.717, 1.165) is 11.3 Å². The lowest BCUT2D eigenvalue weighted by Crippen LogP contribution is -2.44. The third kappa shape index (κ3) is 3.02. The molecule has 0 unspecified atom stereocenters. The van der Waals surface area contributed by atoms with E-state index in [1.54, 1.807) is 7.11 Å². The lowest BCUT2D eigenvalue weighted by molar-refractivity contribution is -0.121. The maximum absolute atomic E-state index is 12.1. The summed E-state index contributed by atoms with van der Waals surface area (Å²) in [5.74, 6) is 0.634. The molecule has 114 valence electrons. The predicted octanol–water partition coefficient (Wildman–Crippen LogP) is -0.119. The molecule has 1 aromatic carbocycles. The van der Waals surface area contributed by atoms with Crippen LogP contribution < -0.4 is 10.1 Å². The van der Waals surface area contributed by atoms with Crippen LogP contribution in [0.25, 0.3) is 0 Å². The van der Waals surface area contributed by atoms with Crippen LogP contribution >= 0.6 is 0 Å². The molecule has 6 heteroatoms. The first-order chi connectivity index (χ1) is 10.2. The first-order valence-corrected chi connectivity index (χ1v) is 7.01. The number of aliphatic hydroxyl groups excluding tert-OH is 1. The third-order valence-electron chi connectivity index (χ3n) is 3.87. The second-order valence-electron chi connectivity index (χ2n) is 5.37. The van der Waals surface area contributed by atoms with E-state index >= 15 is 0 Å². The number of hydrogen-bond acceptors (Lipinski definition) is 5. The lowest BCUT2D eigenvalue weighted by Gasteiger charge is -2.17. The Morgan fingerprint density at radius 3 is 3.00 bits per heavy atom. The highest BCUT2D eigenvalue weighted by molar-refractivity contribution is 5.79. The smallest absolute Gasteiger partial charge is 0.224 e. The Labute approximate surface area is 123 Å². The van der Waals surface area contributed by atoms with Crippen molar-refractivity contribution in [1.82, 2.24) is 5.32 Å². The first kappa shape index (κ1) is 14.3. The minimum Gasteiger partial charge on any atom is -0.497 e. The number of carbonyl (C=O) groups is 1. The molecule has 3 rings (SSSR count). The highest BCUT2D eigenvalue weighted by atomic mass is 16.6. The van der Waals surface area contributed by atoms with Gasteiger partial charge in [-0.1, -0.05) is 12.1 Å². The molecule has 6 nitrogen and oxygen atoms in total. The summed E-state index contributed by atoms with van der Waals surface area (Å²) < 4.78 is 16.1. The Morgan fingerprint density at radius 1 is 1.38 bits per heavy atom. The zero-order valence-electron chi connectivity index (χ0n) is 11.8. The van der Waals surface area contributed by atoms with Gasteiger partial charge in [-0.05, 0) is 17.7 Å².